The van der Waals surface area contributed by atoms with Crippen molar-refractivity contribution in [3.63, 3.8) is 0 Å². The first-order valence-electron chi connectivity index (χ1n) is 9.94. The number of rotatable bonds is 6. The Hall–Kier alpha value is -2.96. The fraction of sp³-hybridized carbons (Fsp3) is 0.409. The van der Waals surface area contributed by atoms with Gasteiger partial charge in [-0.25, -0.2) is 4.39 Å². The molecule has 1 unspecified atom stereocenters. The zero-order valence-corrected chi connectivity index (χ0v) is 17.1. The number of halogens is 1. The quantitative estimate of drug-likeness (QED) is 0.660. The second kappa shape index (κ2) is 7.46. The van der Waals surface area contributed by atoms with Gasteiger partial charge < -0.3 is 14.4 Å². The number of nitrogens with zero attached hydrogens (tertiary/aromatic N) is 3. The van der Waals surface area contributed by atoms with Crippen molar-refractivity contribution >= 4 is 5.91 Å². The number of benzene rings is 1. The smallest absolute Gasteiger partial charge is 0.253 e. The van der Waals surface area contributed by atoms with Gasteiger partial charge in [0.15, 0.2) is 5.82 Å². The predicted molar refractivity (Wildman–Crippen MR) is 107 cm³/mol. The minimum atomic E-state index is -0.364. The zero-order chi connectivity index (χ0) is 20.7. The van der Waals surface area contributed by atoms with Crippen molar-refractivity contribution in [3.05, 3.63) is 64.8 Å². The van der Waals surface area contributed by atoms with Crippen molar-refractivity contribution in [1.82, 2.24) is 20.0 Å². The van der Waals surface area contributed by atoms with Gasteiger partial charge in [-0.1, -0.05) is 19.0 Å². The van der Waals surface area contributed by atoms with Crippen LogP contribution in [0.2, 0.25) is 0 Å². The number of aromatic nitrogens is 3. The molecule has 152 valence electrons. The largest absolute Gasteiger partial charge is 0.340 e. The summed E-state index contributed by atoms with van der Waals surface area (Å²) >= 11 is 0. The lowest BCUT2D eigenvalue weighted by molar-refractivity contribution is 0.0913. The summed E-state index contributed by atoms with van der Waals surface area (Å²) in [7, 11) is 0. The van der Waals surface area contributed by atoms with Crippen molar-refractivity contribution in [2.75, 3.05) is 0 Å². The molecule has 0 spiro atoms. The van der Waals surface area contributed by atoms with Gasteiger partial charge in [0.25, 0.3) is 5.91 Å². The number of amides is 1. The van der Waals surface area contributed by atoms with Crippen LogP contribution in [0.15, 0.2) is 34.9 Å². The van der Waals surface area contributed by atoms with Crippen LogP contribution in [0.4, 0.5) is 4.39 Å². The van der Waals surface area contributed by atoms with Crippen LogP contribution >= 0.6 is 0 Å². The van der Waals surface area contributed by atoms with Crippen LogP contribution in [0.1, 0.15) is 72.1 Å². The van der Waals surface area contributed by atoms with E-state index in [0.717, 1.165) is 35.7 Å². The Bertz CT molecular complexity index is 1030. The minimum absolute atomic E-state index is 0.0899. The van der Waals surface area contributed by atoms with Crippen LogP contribution in [0.3, 0.4) is 0 Å². The highest BCUT2D eigenvalue weighted by Crippen LogP contribution is 2.38. The molecule has 1 aromatic carbocycles. The molecular weight excluding hydrogens is 371 g/mol. The van der Waals surface area contributed by atoms with Gasteiger partial charge in [0.1, 0.15) is 11.9 Å². The first kappa shape index (κ1) is 19.4. The van der Waals surface area contributed by atoms with Gasteiger partial charge in [-0.3, -0.25) is 4.79 Å². The van der Waals surface area contributed by atoms with Crippen molar-refractivity contribution in [2.45, 2.75) is 52.5 Å². The van der Waals surface area contributed by atoms with Gasteiger partial charge in [-0.15, -0.1) is 0 Å². The Kier molecular flexibility index (Phi) is 4.98. The molecule has 1 amide bonds. The summed E-state index contributed by atoms with van der Waals surface area (Å²) in [6, 6.07) is 7.70. The molecule has 4 rings (SSSR count). The van der Waals surface area contributed by atoms with Gasteiger partial charge in [0, 0.05) is 23.0 Å². The van der Waals surface area contributed by atoms with E-state index in [9.17, 15) is 9.18 Å². The zero-order valence-electron chi connectivity index (χ0n) is 17.1. The Morgan fingerprint density at radius 3 is 2.55 bits per heavy atom. The summed E-state index contributed by atoms with van der Waals surface area (Å²) < 4.78 is 20.7. The highest BCUT2D eigenvalue weighted by molar-refractivity contribution is 5.96. The molecule has 1 fully saturated rings. The number of carbonyl (C=O) groups is 1. The Balaban J connectivity index is 1.59. The molecule has 6 nitrogen and oxygen atoms in total. The van der Waals surface area contributed by atoms with Crippen LogP contribution in [0.5, 0.6) is 0 Å². The standard InChI is InChI=1S/C22H25FN4O2/c1-12(2)19(22-25-20(26-29-22)15-5-6-15)24-21(28)18-11-13(3)27(14(18)4)17-9-7-16(23)8-10-17/h7-12,15,19H,5-6H2,1-4H3,(H,24,28). The van der Waals surface area contributed by atoms with Crippen LogP contribution in [0, 0.1) is 25.6 Å². The number of carbonyl (C=O) groups excluding carboxylic acids is 1. The van der Waals surface area contributed by atoms with Gasteiger partial charge >= 0.3 is 0 Å². The molecule has 1 N–H and O–H groups in total. The third kappa shape index (κ3) is 3.81. The lowest BCUT2D eigenvalue weighted by Crippen LogP contribution is -2.32. The van der Waals surface area contributed by atoms with E-state index in [1.165, 1.54) is 12.1 Å². The molecule has 1 saturated carbocycles. The maximum atomic E-state index is 13.3. The van der Waals surface area contributed by atoms with E-state index >= 15 is 0 Å². The molecule has 1 aliphatic rings. The fourth-order valence-corrected chi connectivity index (χ4v) is 3.59. The van der Waals surface area contributed by atoms with E-state index in [1.807, 2.05) is 38.3 Å². The Labute approximate surface area is 169 Å². The number of hydrogen-bond donors (Lipinski definition) is 1. The number of nitrogens with one attached hydrogen (secondary N) is 1. The number of hydrogen-bond acceptors (Lipinski definition) is 4. The summed E-state index contributed by atoms with van der Waals surface area (Å²) in [5.41, 5.74) is 3.07. The molecule has 0 bridgehead atoms. The van der Waals surface area contributed by atoms with Crippen LogP contribution in [-0.2, 0) is 0 Å². The molecule has 3 aromatic rings. The summed E-state index contributed by atoms with van der Waals surface area (Å²) in [6.45, 7) is 7.82. The lowest BCUT2D eigenvalue weighted by Gasteiger charge is -2.18. The monoisotopic (exact) mass is 396 g/mol. The average molecular weight is 396 g/mol. The van der Waals surface area contributed by atoms with E-state index in [1.54, 1.807) is 12.1 Å². The normalized spacial score (nSPS) is 15.0. The topological polar surface area (TPSA) is 73.0 Å². The lowest BCUT2D eigenvalue weighted by atomic mass is 10.0. The average Bonchev–Trinajstić information content (AvgIpc) is 3.34. The Morgan fingerprint density at radius 2 is 1.93 bits per heavy atom. The van der Waals surface area contributed by atoms with Gasteiger partial charge in [0.05, 0.1) is 5.56 Å². The fourth-order valence-electron chi connectivity index (χ4n) is 3.59. The third-order valence-electron chi connectivity index (χ3n) is 5.38. The summed E-state index contributed by atoms with van der Waals surface area (Å²) in [5.74, 6) is 1.17. The second-order valence-electron chi connectivity index (χ2n) is 8.06. The molecule has 2 aromatic heterocycles. The first-order chi connectivity index (χ1) is 13.8. The molecular formula is C22H25FN4O2. The molecule has 0 aliphatic heterocycles. The third-order valence-corrected chi connectivity index (χ3v) is 5.38. The summed E-state index contributed by atoms with van der Waals surface area (Å²) in [4.78, 5) is 17.6. The summed E-state index contributed by atoms with van der Waals surface area (Å²) in [5, 5.41) is 7.13. The van der Waals surface area contributed by atoms with Crippen molar-refractivity contribution < 1.29 is 13.7 Å². The molecule has 29 heavy (non-hydrogen) atoms. The van der Waals surface area contributed by atoms with Crippen LogP contribution in [-0.4, -0.2) is 20.6 Å². The van der Waals surface area contributed by atoms with Gasteiger partial charge in [-0.05, 0) is 62.9 Å². The molecule has 2 heterocycles. The van der Waals surface area contributed by atoms with Crippen molar-refractivity contribution in [1.29, 1.82) is 0 Å². The molecule has 1 aliphatic carbocycles. The highest BCUT2D eigenvalue weighted by Gasteiger charge is 2.32. The van der Waals surface area contributed by atoms with Gasteiger partial charge in [-0.2, -0.15) is 4.98 Å². The maximum absolute atomic E-state index is 13.3. The minimum Gasteiger partial charge on any atom is -0.340 e. The molecule has 0 saturated heterocycles. The van der Waals surface area contributed by atoms with Crippen molar-refractivity contribution in [3.8, 4) is 5.69 Å². The van der Waals surface area contributed by atoms with E-state index in [2.05, 4.69) is 15.5 Å². The first-order valence-corrected chi connectivity index (χ1v) is 9.94. The van der Waals surface area contributed by atoms with Crippen molar-refractivity contribution in [2.24, 2.45) is 5.92 Å². The predicted octanol–water partition coefficient (Wildman–Crippen LogP) is 4.62. The number of aryl methyl sites for hydroxylation is 1. The molecule has 1 atom stereocenters. The van der Waals surface area contributed by atoms with Crippen LogP contribution in [0.25, 0.3) is 5.69 Å². The highest BCUT2D eigenvalue weighted by atomic mass is 19.1. The van der Waals surface area contributed by atoms with Crippen LogP contribution < -0.4 is 5.32 Å². The molecule has 7 heteroatoms. The molecule has 0 radical (unpaired) electrons. The maximum Gasteiger partial charge on any atom is 0.253 e. The van der Waals surface area contributed by atoms with Gasteiger partial charge in [0.2, 0.25) is 5.89 Å². The van der Waals surface area contributed by atoms with E-state index in [0.29, 0.717) is 17.4 Å². The van der Waals surface area contributed by atoms with E-state index < -0.39 is 0 Å². The van der Waals surface area contributed by atoms with E-state index in [4.69, 9.17) is 4.52 Å². The SMILES string of the molecule is Cc1cc(C(=O)NC(c2nc(C3CC3)no2)C(C)C)c(C)n1-c1ccc(F)cc1. The van der Waals surface area contributed by atoms with E-state index in [-0.39, 0.29) is 23.7 Å². The second-order valence-corrected chi connectivity index (χ2v) is 8.06. The Morgan fingerprint density at radius 1 is 1.24 bits per heavy atom. The summed E-state index contributed by atoms with van der Waals surface area (Å²) in [6.07, 6.45) is 2.18.